The van der Waals surface area contributed by atoms with E-state index in [0.717, 1.165) is 21.6 Å². The molecule has 2 nitrogen and oxygen atoms in total. The number of hydrogen-bond acceptors (Lipinski definition) is 2. The summed E-state index contributed by atoms with van der Waals surface area (Å²) in [5.41, 5.74) is 0. The summed E-state index contributed by atoms with van der Waals surface area (Å²) in [7, 11) is 0. The van der Waals surface area contributed by atoms with E-state index in [-0.39, 0.29) is 5.91 Å². The smallest absolute Gasteiger partial charge is 0.261 e. The molecule has 1 rings (SSSR count). The maximum absolute atomic E-state index is 11.5. The predicted molar refractivity (Wildman–Crippen MR) is 63.9 cm³/mol. The van der Waals surface area contributed by atoms with Crippen molar-refractivity contribution in [3.63, 3.8) is 0 Å². The molecule has 0 saturated heterocycles. The fraction of sp³-hybridized carbons (Fsp3) is 0.500. The Balaban J connectivity index is 2.29. The first-order valence-electron chi connectivity index (χ1n) is 4.77. The van der Waals surface area contributed by atoms with Gasteiger partial charge >= 0.3 is 0 Å². The molecule has 0 bridgehead atoms. The minimum atomic E-state index is 0.0387. The summed E-state index contributed by atoms with van der Waals surface area (Å²) in [5, 5.41) is 2.90. The zero-order chi connectivity index (χ0) is 10.4. The number of halogens is 1. The SMILES string of the molecule is CCCCCNC(=O)c1ccc(Br)s1. The lowest BCUT2D eigenvalue weighted by atomic mass is 10.2. The summed E-state index contributed by atoms with van der Waals surface area (Å²) in [5.74, 6) is 0.0387. The third-order valence-corrected chi connectivity index (χ3v) is 3.49. The molecule has 1 amide bonds. The zero-order valence-electron chi connectivity index (χ0n) is 8.18. The molecule has 1 aromatic heterocycles. The van der Waals surface area contributed by atoms with Crippen LogP contribution in [0, 0.1) is 0 Å². The van der Waals surface area contributed by atoms with Gasteiger partial charge in [0.25, 0.3) is 5.91 Å². The van der Waals surface area contributed by atoms with Gasteiger partial charge in [0.05, 0.1) is 8.66 Å². The molecule has 1 aromatic rings. The lowest BCUT2D eigenvalue weighted by Crippen LogP contribution is -2.23. The van der Waals surface area contributed by atoms with Crippen LogP contribution in [0.25, 0.3) is 0 Å². The van der Waals surface area contributed by atoms with Gasteiger partial charge in [-0.25, -0.2) is 0 Å². The minimum Gasteiger partial charge on any atom is -0.351 e. The lowest BCUT2D eigenvalue weighted by molar-refractivity contribution is 0.0957. The molecule has 0 aromatic carbocycles. The molecule has 0 fully saturated rings. The Morgan fingerprint density at radius 2 is 2.29 bits per heavy atom. The maximum Gasteiger partial charge on any atom is 0.261 e. The molecule has 1 N–H and O–H groups in total. The molecule has 14 heavy (non-hydrogen) atoms. The highest BCUT2D eigenvalue weighted by atomic mass is 79.9. The van der Waals surface area contributed by atoms with Gasteiger partial charge in [0.1, 0.15) is 0 Å². The van der Waals surface area contributed by atoms with Crippen LogP contribution in [0.3, 0.4) is 0 Å². The first-order chi connectivity index (χ1) is 6.74. The molecule has 0 spiro atoms. The molecule has 0 aliphatic heterocycles. The van der Waals surface area contributed by atoms with E-state index in [1.165, 1.54) is 24.2 Å². The van der Waals surface area contributed by atoms with Crippen molar-refractivity contribution >= 4 is 33.2 Å². The van der Waals surface area contributed by atoms with Crippen molar-refractivity contribution in [1.82, 2.24) is 5.32 Å². The average Bonchev–Trinajstić information content (AvgIpc) is 2.59. The topological polar surface area (TPSA) is 29.1 Å². The van der Waals surface area contributed by atoms with Crippen molar-refractivity contribution in [3.05, 3.63) is 20.8 Å². The fourth-order valence-electron chi connectivity index (χ4n) is 1.10. The molecular formula is C10H14BrNOS. The Morgan fingerprint density at radius 1 is 1.50 bits per heavy atom. The van der Waals surface area contributed by atoms with Gasteiger partial charge in [-0.05, 0) is 34.5 Å². The first-order valence-corrected chi connectivity index (χ1v) is 6.38. The van der Waals surface area contributed by atoms with Gasteiger partial charge in [-0.2, -0.15) is 0 Å². The molecule has 0 unspecified atom stereocenters. The zero-order valence-corrected chi connectivity index (χ0v) is 10.6. The second-order valence-corrected chi connectivity index (χ2v) is 5.53. The number of unbranched alkanes of at least 4 members (excludes halogenated alkanes) is 2. The van der Waals surface area contributed by atoms with Crippen LogP contribution in [-0.4, -0.2) is 12.5 Å². The molecule has 4 heteroatoms. The Kier molecular flexibility index (Phi) is 5.19. The quantitative estimate of drug-likeness (QED) is 0.820. The van der Waals surface area contributed by atoms with E-state index in [1.54, 1.807) is 0 Å². The second-order valence-electron chi connectivity index (χ2n) is 3.07. The van der Waals surface area contributed by atoms with Gasteiger partial charge in [-0.3, -0.25) is 4.79 Å². The van der Waals surface area contributed by atoms with Crippen LogP contribution in [0.15, 0.2) is 15.9 Å². The van der Waals surface area contributed by atoms with Gasteiger partial charge < -0.3 is 5.32 Å². The normalized spacial score (nSPS) is 10.1. The average molecular weight is 276 g/mol. The van der Waals surface area contributed by atoms with E-state index in [1.807, 2.05) is 12.1 Å². The van der Waals surface area contributed by atoms with Crippen LogP contribution in [0.4, 0.5) is 0 Å². The summed E-state index contributed by atoms with van der Waals surface area (Å²) in [4.78, 5) is 12.3. The van der Waals surface area contributed by atoms with Crippen molar-refractivity contribution in [3.8, 4) is 0 Å². The third-order valence-electron chi connectivity index (χ3n) is 1.86. The van der Waals surface area contributed by atoms with E-state index in [2.05, 4.69) is 28.2 Å². The Hall–Kier alpha value is -0.350. The van der Waals surface area contributed by atoms with E-state index in [0.29, 0.717) is 0 Å². The van der Waals surface area contributed by atoms with E-state index in [9.17, 15) is 4.79 Å². The number of amides is 1. The third kappa shape index (κ3) is 3.80. The fourth-order valence-corrected chi connectivity index (χ4v) is 2.40. The molecule has 0 radical (unpaired) electrons. The summed E-state index contributed by atoms with van der Waals surface area (Å²) < 4.78 is 0.996. The van der Waals surface area contributed by atoms with Crippen molar-refractivity contribution < 1.29 is 4.79 Å². The number of thiophene rings is 1. The van der Waals surface area contributed by atoms with Crippen LogP contribution < -0.4 is 5.32 Å². The summed E-state index contributed by atoms with van der Waals surface area (Å²) in [6.45, 7) is 2.93. The van der Waals surface area contributed by atoms with Crippen molar-refractivity contribution in [2.75, 3.05) is 6.54 Å². The standard InChI is InChI=1S/C10H14BrNOS/c1-2-3-4-7-12-10(13)8-5-6-9(11)14-8/h5-6H,2-4,7H2,1H3,(H,12,13). The predicted octanol–water partition coefficient (Wildman–Crippen LogP) is 3.43. The van der Waals surface area contributed by atoms with Crippen molar-refractivity contribution in [2.24, 2.45) is 0 Å². The largest absolute Gasteiger partial charge is 0.351 e. The molecular weight excluding hydrogens is 262 g/mol. The summed E-state index contributed by atoms with van der Waals surface area (Å²) >= 11 is 4.80. The minimum absolute atomic E-state index is 0.0387. The molecule has 1 heterocycles. The van der Waals surface area contributed by atoms with Crippen LogP contribution in [0.1, 0.15) is 35.9 Å². The van der Waals surface area contributed by atoms with Crippen LogP contribution in [0.2, 0.25) is 0 Å². The number of rotatable bonds is 5. The highest BCUT2D eigenvalue weighted by Crippen LogP contribution is 2.21. The van der Waals surface area contributed by atoms with Gasteiger partial charge in [0.15, 0.2) is 0 Å². The molecule has 78 valence electrons. The number of hydrogen-bond donors (Lipinski definition) is 1. The van der Waals surface area contributed by atoms with Gasteiger partial charge in [-0.15, -0.1) is 11.3 Å². The monoisotopic (exact) mass is 275 g/mol. The van der Waals surface area contributed by atoms with Crippen LogP contribution in [-0.2, 0) is 0 Å². The molecule has 0 atom stereocenters. The van der Waals surface area contributed by atoms with Crippen molar-refractivity contribution in [2.45, 2.75) is 26.2 Å². The van der Waals surface area contributed by atoms with Crippen molar-refractivity contribution in [1.29, 1.82) is 0 Å². The Morgan fingerprint density at radius 3 is 2.86 bits per heavy atom. The van der Waals surface area contributed by atoms with Gasteiger partial charge in [0, 0.05) is 6.54 Å². The van der Waals surface area contributed by atoms with Gasteiger partial charge in [0.2, 0.25) is 0 Å². The van der Waals surface area contributed by atoms with E-state index < -0.39 is 0 Å². The second kappa shape index (κ2) is 6.19. The van der Waals surface area contributed by atoms with Crippen LogP contribution >= 0.6 is 27.3 Å². The highest BCUT2D eigenvalue weighted by molar-refractivity contribution is 9.11. The maximum atomic E-state index is 11.5. The highest BCUT2D eigenvalue weighted by Gasteiger charge is 2.06. The van der Waals surface area contributed by atoms with Gasteiger partial charge in [-0.1, -0.05) is 19.8 Å². The van der Waals surface area contributed by atoms with E-state index in [4.69, 9.17) is 0 Å². The number of carbonyl (C=O) groups excluding carboxylic acids is 1. The lowest BCUT2D eigenvalue weighted by Gasteiger charge is -2.01. The Bertz CT molecular complexity index is 298. The Labute approximate surface area is 96.8 Å². The molecule has 0 aliphatic rings. The molecule has 0 aliphatic carbocycles. The molecule has 0 saturated carbocycles. The number of nitrogens with one attached hydrogen (secondary N) is 1. The van der Waals surface area contributed by atoms with Crippen LogP contribution in [0.5, 0.6) is 0 Å². The first kappa shape index (κ1) is 11.7. The summed E-state index contributed by atoms with van der Waals surface area (Å²) in [6, 6.07) is 3.73. The number of carbonyl (C=O) groups is 1. The van der Waals surface area contributed by atoms with E-state index >= 15 is 0 Å². The summed E-state index contributed by atoms with van der Waals surface area (Å²) in [6.07, 6.45) is 3.42.